The van der Waals surface area contributed by atoms with Gasteiger partial charge in [-0.15, -0.1) is 5.10 Å². The van der Waals surface area contributed by atoms with E-state index in [0.717, 1.165) is 18.8 Å². The summed E-state index contributed by atoms with van der Waals surface area (Å²) in [6, 6.07) is 0.327. The van der Waals surface area contributed by atoms with Crippen LogP contribution >= 0.6 is 0 Å². The van der Waals surface area contributed by atoms with E-state index < -0.39 is 0 Å². The largest absolute Gasteiger partial charge is 0.352 e. The molecular weight excluding hydrogens is 254 g/mol. The van der Waals surface area contributed by atoms with Crippen LogP contribution in [0.25, 0.3) is 0 Å². The van der Waals surface area contributed by atoms with Crippen molar-refractivity contribution in [3.8, 4) is 0 Å². The Bertz CT molecular complexity index is 423. The first kappa shape index (κ1) is 15.0. The number of hydrogen-bond donors (Lipinski definition) is 2. The van der Waals surface area contributed by atoms with E-state index in [9.17, 15) is 4.79 Å². The first-order chi connectivity index (χ1) is 9.71. The van der Waals surface area contributed by atoms with Gasteiger partial charge in [-0.3, -0.25) is 4.79 Å². The summed E-state index contributed by atoms with van der Waals surface area (Å²) in [5.41, 5.74) is 6.17. The lowest BCUT2D eigenvalue weighted by molar-refractivity contribution is -0.122. The van der Waals surface area contributed by atoms with Crippen LogP contribution in [0.15, 0.2) is 6.20 Å². The zero-order valence-electron chi connectivity index (χ0n) is 12.2. The number of nitrogens with one attached hydrogen (secondary N) is 1. The summed E-state index contributed by atoms with van der Waals surface area (Å²) >= 11 is 0. The second-order valence-electron chi connectivity index (χ2n) is 5.69. The van der Waals surface area contributed by atoms with Crippen LogP contribution in [0.5, 0.6) is 0 Å². The summed E-state index contributed by atoms with van der Waals surface area (Å²) < 4.78 is 1.54. The third-order valence-corrected chi connectivity index (χ3v) is 4.01. The van der Waals surface area contributed by atoms with Gasteiger partial charge in [0.25, 0.3) is 0 Å². The summed E-state index contributed by atoms with van der Waals surface area (Å²) in [5, 5.41) is 10.9. The summed E-state index contributed by atoms with van der Waals surface area (Å²) in [5.74, 6) is 0.869. The Hall–Kier alpha value is -1.43. The van der Waals surface area contributed by atoms with Gasteiger partial charge in [0.05, 0.1) is 11.9 Å². The lowest BCUT2D eigenvalue weighted by atomic mass is 9.83. The van der Waals surface area contributed by atoms with Crippen molar-refractivity contribution in [3.63, 3.8) is 0 Å². The Kier molecular flexibility index (Phi) is 5.52. The quantitative estimate of drug-likeness (QED) is 0.819. The molecule has 0 aliphatic heterocycles. The van der Waals surface area contributed by atoms with E-state index in [1.165, 1.54) is 25.7 Å². The average molecular weight is 279 g/mol. The molecule has 6 nitrogen and oxygen atoms in total. The summed E-state index contributed by atoms with van der Waals surface area (Å²) in [6.45, 7) is 2.81. The molecule has 1 saturated carbocycles. The van der Waals surface area contributed by atoms with Gasteiger partial charge < -0.3 is 11.1 Å². The molecule has 0 aromatic carbocycles. The predicted octanol–water partition coefficient (Wildman–Crippen LogP) is 1.21. The van der Waals surface area contributed by atoms with Gasteiger partial charge in [-0.1, -0.05) is 25.0 Å². The van der Waals surface area contributed by atoms with Crippen LogP contribution in [0.3, 0.4) is 0 Å². The Morgan fingerprint density at radius 2 is 2.20 bits per heavy atom. The van der Waals surface area contributed by atoms with Gasteiger partial charge in [-0.25, -0.2) is 4.68 Å². The van der Waals surface area contributed by atoms with Crippen molar-refractivity contribution < 1.29 is 4.79 Å². The highest BCUT2D eigenvalue weighted by atomic mass is 16.2. The molecule has 0 radical (unpaired) electrons. The lowest BCUT2D eigenvalue weighted by Gasteiger charge is -2.28. The molecule has 6 heteroatoms. The fourth-order valence-electron chi connectivity index (χ4n) is 2.93. The highest BCUT2D eigenvalue weighted by Crippen LogP contribution is 2.27. The number of nitrogens with zero attached hydrogens (tertiary/aromatic N) is 3. The van der Waals surface area contributed by atoms with E-state index in [4.69, 9.17) is 5.73 Å². The molecule has 0 atom stereocenters. The highest BCUT2D eigenvalue weighted by Gasteiger charge is 2.21. The van der Waals surface area contributed by atoms with Gasteiger partial charge in [0.15, 0.2) is 0 Å². The molecule has 20 heavy (non-hydrogen) atoms. The second kappa shape index (κ2) is 7.38. The number of aromatic nitrogens is 3. The fourth-order valence-corrected chi connectivity index (χ4v) is 2.93. The first-order valence-corrected chi connectivity index (χ1v) is 7.59. The molecule has 0 unspecified atom stereocenters. The number of hydrogen-bond acceptors (Lipinski definition) is 4. The van der Waals surface area contributed by atoms with Crippen molar-refractivity contribution in [2.24, 2.45) is 11.7 Å². The van der Waals surface area contributed by atoms with Crippen molar-refractivity contribution in [1.82, 2.24) is 20.3 Å². The first-order valence-electron chi connectivity index (χ1n) is 7.59. The molecule has 1 aliphatic carbocycles. The van der Waals surface area contributed by atoms with Crippen LogP contribution in [-0.4, -0.2) is 26.9 Å². The van der Waals surface area contributed by atoms with Crippen LogP contribution in [0.2, 0.25) is 0 Å². The van der Waals surface area contributed by atoms with Gasteiger partial charge >= 0.3 is 0 Å². The summed E-state index contributed by atoms with van der Waals surface area (Å²) in [4.78, 5) is 12.0. The SMILES string of the molecule is CCCC1CCC(NC(=O)Cn2cc(CN)nn2)CC1. The van der Waals surface area contributed by atoms with E-state index in [-0.39, 0.29) is 12.5 Å². The molecule has 112 valence electrons. The molecule has 1 aliphatic rings. The van der Waals surface area contributed by atoms with Crippen molar-refractivity contribution in [3.05, 3.63) is 11.9 Å². The third-order valence-electron chi connectivity index (χ3n) is 4.01. The standard InChI is InChI=1S/C14H25N5O/c1-2-3-11-4-6-12(7-5-11)16-14(20)10-19-9-13(8-15)17-18-19/h9,11-12H,2-8,10,15H2,1H3,(H,16,20). The number of nitrogens with two attached hydrogens (primary N) is 1. The highest BCUT2D eigenvalue weighted by molar-refractivity contribution is 5.75. The van der Waals surface area contributed by atoms with Gasteiger partial charge in [0.1, 0.15) is 6.54 Å². The van der Waals surface area contributed by atoms with Gasteiger partial charge in [-0.05, 0) is 31.6 Å². The number of carbonyl (C=O) groups is 1. The monoisotopic (exact) mass is 279 g/mol. The maximum absolute atomic E-state index is 12.0. The molecule has 0 bridgehead atoms. The van der Waals surface area contributed by atoms with Crippen molar-refractivity contribution >= 4 is 5.91 Å². The zero-order valence-corrected chi connectivity index (χ0v) is 12.2. The molecule has 2 rings (SSSR count). The zero-order chi connectivity index (χ0) is 14.4. The molecule has 3 N–H and O–H groups in total. The van der Waals surface area contributed by atoms with Crippen LogP contribution < -0.4 is 11.1 Å². The smallest absolute Gasteiger partial charge is 0.242 e. The molecule has 0 saturated heterocycles. The number of carbonyl (C=O) groups excluding carboxylic acids is 1. The van der Waals surface area contributed by atoms with E-state index in [1.807, 2.05) is 0 Å². The maximum Gasteiger partial charge on any atom is 0.242 e. The minimum absolute atomic E-state index is 0.0115. The molecule has 1 fully saturated rings. The van der Waals surface area contributed by atoms with Crippen LogP contribution in [0.1, 0.15) is 51.1 Å². The van der Waals surface area contributed by atoms with E-state index in [2.05, 4.69) is 22.6 Å². The molecular formula is C14H25N5O. The Labute approximate surface area is 120 Å². The van der Waals surface area contributed by atoms with E-state index in [0.29, 0.717) is 18.3 Å². The van der Waals surface area contributed by atoms with Gasteiger partial charge in [0.2, 0.25) is 5.91 Å². The Balaban J connectivity index is 1.72. The van der Waals surface area contributed by atoms with Crippen molar-refractivity contribution in [2.75, 3.05) is 0 Å². The minimum Gasteiger partial charge on any atom is -0.352 e. The van der Waals surface area contributed by atoms with Crippen LogP contribution in [0.4, 0.5) is 0 Å². The number of amides is 1. The summed E-state index contributed by atoms with van der Waals surface area (Å²) in [6.07, 6.45) is 8.97. The van der Waals surface area contributed by atoms with Gasteiger partial charge in [0, 0.05) is 12.6 Å². The van der Waals surface area contributed by atoms with Crippen molar-refractivity contribution in [2.45, 2.75) is 64.6 Å². The molecule has 1 aromatic rings. The minimum atomic E-state index is 0.0115. The molecule has 1 amide bonds. The van der Waals surface area contributed by atoms with E-state index >= 15 is 0 Å². The van der Waals surface area contributed by atoms with Crippen LogP contribution in [-0.2, 0) is 17.9 Å². The average Bonchev–Trinajstić information content (AvgIpc) is 2.89. The number of rotatable bonds is 6. The topological polar surface area (TPSA) is 85.8 Å². The van der Waals surface area contributed by atoms with Crippen molar-refractivity contribution in [1.29, 1.82) is 0 Å². The summed E-state index contributed by atoms with van der Waals surface area (Å²) in [7, 11) is 0. The molecule has 1 aromatic heterocycles. The predicted molar refractivity (Wildman–Crippen MR) is 76.7 cm³/mol. The maximum atomic E-state index is 12.0. The lowest BCUT2D eigenvalue weighted by Crippen LogP contribution is -2.39. The molecule has 1 heterocycles. The van der Waals surface area contributed by atoms with Crippen LogP contribution in [0, 0.1) is 5.92 Å². The normalized spacial score (nSPS) is 22.7. The third kappa shape index (κ3) is 4.30. The Morgan fingerprint density at radius 3 is 2.80 bits per heavy atom. The van der Waals surface area contributed by atoms with E-state index in [1.54, 1.807) is 10.9 Å². The second-order valence-corrected chi connectivity index (χ2v) is 5.69. The fraction of sp³-hybridized carbons (Fsp3) is 0.786. The molecule has 0 spiro atoms. The van der Waals surface area contributed by atoms with Gasteiger partial charge in [-0.2, -0.15) is 0 Å². The Morgan fingerprint density at radius 1 is 1.45 bits per heavy atom.